The van der Waals surface area contributed by atoms with Crippen LogP contribution in [0.2, 0.25) is 0 Å². The first kappa shape index (κ1) is 15.0. The number of hydrogen-bond donors (Lipinski definition) is 1. The predicted octanol–water partition coefficient (Wildman–Crippen LogP) is 2.30. The van der Waals surface area contributed by atoms with Gasteiger partial charge in [0.2, 0.25) is 0 Å². The fourth-order valence-corrected chi connectivity index (χ4v) is 3.17. The van der Waals surface area contributed by atoms with Crippen molar-refractivity contribution in [1.82, 2.24) is 15.1 Å². The van der Waals surface area contributed by atoms with Crippen LogP contribution < -0.4 is 5.32 Å². The lowest BCUT2D eigenvalue weighted by Gasteiger charge is -2.40. The van der Waals surface area contributed by atoms with Gasteiger partial charge >= 0.3 is 5.97 Å². The Labute approximate surface area is 120 Å². The van der Waals surface area contributed by atoms with E-state index in [4.69, 9.17) is 4.74 Å². The van der Waals surface area contributed by atoms with Gasteiger partial charge in [-0.2, -0.15) is 5.10 Å². The van der Waals surface area contributed by atoms with E-state index < -0.39 is 5.54 Å². The highest BCUT2D eigenvalue weighted by molar-refractivity contribution is 5.81. The molecular weight excluding hydrogens is 254 g/mol. The Bertz CT molecular complexity index is 430. The number of carbonyl (C=O) groups is 1. The van der Waals surface area contributed by atoms with Gasteiger partial charge in [0, 0.05) is 18.4 Å². The van der Waals surface area contributed by atoms with E-state index >= 15 is 0 Å². The Morgan fingerprint density at radius 1 is 1.60 bits per heavy atom. The van der Waals surface area contributed by atoms with Gasteiger partial charge < -0.3 is 4.74 Å². The van der Waals surface area contributed by atoms with Crippen molar-refractivity contribution in [1.29, 1.82) is 0 Å². The van der Waals surface area contributed by atoms with E-state index in [0.717, 1.165) is 25.7 Å². The first-order valence-corrected chi connectivity index (χ1v) is 7.51. The molecule has 1 aromatic heterocycles. The Kier molecular flexibility index (Phi) is 4.81. The molecule has 1 aliphatic rings. The summed E-state index contributed by atoms with van der Waals surface area (Å²) in [6.07, 6.45) is 7.40. The maximum atomic E-state index is 12.5. The molecule has 0 bridgehead atoms. The quantitative estimate of drug-likeness (QED) is 0.840. The summed E-state index contributed by atoms with van der Waals surface area (Å²) in [5.41, 5.74) is -0.570. The van der Waals surface area contributed by atoms with E-state index in [0.29, 0.717) is 6.61 Å². The van der Waals surface area contributed by atoms with Crippen LogP contribution in [0.1, 0.15) is 52.5 Å². The minimum atomic E-state index is -0.570. The van der Waals surface area contributed by atoms with Crippen LogP contribution in [0.4, 0.5) is 0 Å². The van der Waals surface area contributed by atoms with Crippen LogP contribution in [0.5, 0.6) is 0 Å². The normalized spacial score (nSPS) is 26.7. The summed E-state index contributed by atoms with van der Waals surface area (Å²) in [6.45, 7) is 6.42. The molecule has 0 amide bonds. The number of nitrogens with zero attached hydrogens (tertiary/aromatic N) is 2. The highest BCUT2D eigenvalue weighted by Gasteiger charge is 2.44. The molecule has 20 heavy (non-hydrogen) atoms. The van der Waals surface area contributed by atoms with Crippen molar-refractivity contribution >= 4 is 5.97 Å². The van der Waals surface area contributed by atoms with Crippen LogP contribution in [-0.2, 0) is 9.53 Å². The molecule has 0 spiro atoms. The number of esters is 1. The molecule has 1 saturated carbocycles. The lowest BCUT2D eigenvalue weighted by Crippen LogP contribution is -2.58. The number of carbonyl (C=O) groups excluding carboxylic acids is 1. The van der Waals surface area contributed by atoms with Gasteiger partial charge in [0.1, 0.15) is 5.54 Å². The molecule has 1 fully saturated rings. The van der Waals surface area contributed by atoms with Gasteiger partial charge in [-0.25, -0.2) is 0 Å². The number of ether oxygens (including phenoxy) is 1. The zero-order valence-corrected chi connectivity index (χ0v) is 12.6. The van der Waals surface area contributed by atoms with Crippen molar-refractivity contribution in [2.75, 3.05) is 6.61 Å². The minimum Gasteiger partial charge on any atom is -0.465 e. The van der Waals surface area contributed by atoms with E-state index in [1.165, 1.54) is 0 Å². The molecule has 5 heteroatoms. The lowest BCUT2D eigenvalue weighted by molar-refractivity contribution is -0.154. The first-order valence-electron chi connectivity index (χ1n) is 7.51. The molecule has 0 aromatic carbocycles. The molecule has 0 saturated heterocycles. The Balaban J connectivity index is 2.19. The third kappa shape index (κ3) is 3.20. The SMILES string of the molecule is CCOC(=O)C1(NC(C)C)CCCC(n2cccn2)C1. The van der Waals surface area contributed by atoms with Crippen LogP contribution in [0.25, 0.3) is 0 Å². The molecular formula is C15H25N3O2. The Morgan fingerprint density at radius 3 is 3.00 bits per heavy atom. The van der Waals surface area contributed by atoms with Gasteiger partial charge in [-0.15, -0.1) is 0 Å². The van der Waals surface area contributed by atoms with E-state index in [9.17, 15) is 4.79 Å². The average molecular weight is 279 g/mol. The largest absolute Gasteiger partial charge is 0.465 e. The second-order valence-electron chi connectivity index (χ2n) is 5.84. The number of hydrogen-bond acceptors (Lipinski definition) is 4. The van der Waals surface area contributed by atoms with Gasteiger partial charge in [-0.05, 0) is 52.5 Å². The van der Waals surface area contributed by atoms with E-state index in [1.54, 1.807) is 6.20 Å². The molecule has 0 aliphatic heterocycles. The van der Waals surface area contributed by atoms with E-state index in [2.05, 4.69) is 24.3 Å². The molecule has 1 heterocycles. The minimum absolute atomic E-state index is 0.120. The fourth-order valence-electron chi connectivity index (χ4n) is 3.17. The summed E-state index contributed by atoms with van der Waals surface area (Å²) in [7, 11) is 0. The molecule has 1 N–H and O–H groups in total. The smallest absolute Gasteiger partial charge is 0.326 e. The number of nitrogens with one attached hydrogen (secondary N) is 1. The van der Waals surface area contributed by atoms with Gasteiger partial charge in [0.15, 0.2) is 0 Å². The lowest BCUT2D eigenvalue weighted by atomic mass is 9.78. The molecule has 1 aromatic rings. The highest BCUT2D eigenvalue weighted by atomic mass is 16.5. The van der Waals surface area contributed by atoms with Gasteiger partial charge in [-0.1, -0.05) is 0 Å². The Morgan fingerprint density at radius 2 is 2.40 bits per heavy atom. The third-order valence-corrected chi connectivity index (χ3v) is 3.86. The molecule has 1 aliphatic carbocycles. The fraction of sp³-hybridized carbons (Fsp3) is 0.733. The molecule has 0 radical (unpaired) electrons. The summed E-state index contributed by atoms with van der Waals surface area (Å²) < 4.78 is 7.29. The summed E-state index contributed by atoms with van der Waals surface area (Å²) in [6, 6.07) is 2.43. The van der Waals surface area contributed by atoms with Gasteiger partial charge in [0.05, 0.1) is 12.6 Å². The van der Waals surface area contributed by atoms with Crippen molar-refractivity contribution in [3.8, 4) is 0 Å². The maximum absolute atomic E-state index is 12.5. The first-order chi connectivity index (χ1) is 9.57. The zero-order chi connectivity index (χ0) is 14.6. The van der Waals surface area contributed by atoms with Crippen molar-refractivity contribution in [2.45, 2.75) is 64.1 Å². The summed E-state index contributed by atoms with van der Waals surface area (Å²) in [5.74, 6) is -0.120. The monoisotopic (exact) mass is 279 g/mol. The van der Waals surface area contributed by atoms with Crippen molar-refractivity contribution in [3.05, 3.63) is 18.5 Å². The van der Waals surface area contributed by atoms with Crippen LogP contribution in [0.3, 0.4) is 0 Å². The van der Waals surface area contributed by atoms with Crippen molar-refractivity contribution in [2.24, 2.45) is 0 Å². The Hall–Kier alpha value is -1.36. The van der Waals surface area contributed by atoms with Crippen molar-refractivity contribution < 1.29 is 9.53 Å². The predicted molar refractivity (Wildman–Crippen MR) is 77.4 cm³/mol. The summed E-state index contributed by atoms with van der Waals surface area (Å²) in [4.78, 5) is 12.5. The molecule has 2 atom stereocenters. The topological polar surface area (TPSA) is 56.1 Å². The van der Waals surface area contributed by atoms with Crippen LogP contribution in [0.15, 0.2) is 18.5 Å². The molecule has 2 rings (SSSR count). The van der Waals surface area contributed by atoms with Gasteiger partial charge in [-0.3, -0.25) is 14.8 Å². The molecule has 112 valence electrons. The standard InChI is InChI=1S/C15H25N3O2/c1-4-20-14(19)15(17-12(2)3)8-5-7-13(11-15)18-10-6-9-16-18/h6,9-10,12-13,17H,4-5,7-8,11H2,1-3H3. The van der Waals surface area contributed by atoms with Crippen molar-refractivity contribution in [3.63, 3.8) is 0 Å². The summed E-state index contributed by atoms with van der Waals surface area (Å²) >= 11 is 0. The summed E-state index contributed by atoms with van der Waals surface area (Å²) in [5, 5.41) is 7.78. The van der Waals surface area contributed by atoms with Crippen LogP contribution in [-0.4, -0.2) is 33.9 Å². The molecule has 2 unspecified atom stereocenters. The van der Waals surface area contributed by atoms with Crippen LogP contribution in [0, 0.1) is 0 Å². The average Bonchev–Trinajstić information content (AvgIpc) is 2.92. The molecule has 5 nitrogen and oxygen atoms in total. The third-order valence-electron chi connectivity index (χ3n) is 3.86. The zero-order valence-electron chi connectivity index (χ0n) is 12.6. The highest BCUT2D eigenvalue weighted by Crippen LogP contribution is 2.36. The maximum Gasteiger partial charge on any atom is 0.326 e. The van der Waals surface area contributed by atoms with E-state index in [-0.39, 0.29) is 18.1 Å². The number of rotatable bonds is 5. The van der Waals surface area contributed by atoms with Crippen LogP contribution >= 0.6 is 0 Å². The number of aromatic nitrogens is 2. The second-order valence-corrected chi connectivity index (χ2v) is 5.84. The second kappa shape index (κ2) is 6.39. The van der Waals surface area contributed by atoms with E-state index in [1.807, 2.05) is 23.9 Å². The van der Waals surface area contributed by atoms with Gasteiger partial charge in [0.25, 0.3) is 0 Å².